The Morgan fingerprint density at radius 2 is 2.12 bits per heavy atom. The fourth-order valence-electron chi connectivity index (χ4n) is 1.03. The van der Waals surface area contributed by atoms with Gasteiger partial charge in [-0.25, -0.2) is 8.78 Å². The first-order valence-electron chi connectivity index (χ1n) is 4.39. The van der Waals surface area contributed by atoms with Crippen molar-refractivity contribution in [3.63, 3.8) is 0 Å². The van der Waals surface area contributed by atoms with Gasteiger partial charge >= 0.3 is 0 Å². The van der Waals surface area contributed by atoms with E-state index in [0.29, 0.717) is 18.1 Å². The molecule has 0 unspecified atom stereocenters. The Bertz CT molecular complexity index is 403. The second-order valence-electron chi connectivity index (χ2n) is 2.86. The Morgan fingerprint density at radius 1 is 1.44 bits per heavy atom. The van der Waals surface area contributed by atoms with Crippen LogP contribution < -0.4 is 0 Å². The summed E-state index contributed by atoms with van der Waals surface area (Å²) in [6, 6.07) is 1.71. The number of nitro benzene ring substituents is 1. The summed E-state index contributed by atoms with van der Waals surface area (Å²) in [4.78, 5) is 9.60. The molecule has 0 spiro atoms. The molecule has 0 bridgehead atoms. The normalized spacial score (nSPS) is 10.4. The van der Waals surface area contributed by atoms with Crippen molar-refractivity contribution in [3.8, 4) is 0 Å². The van der Waals surface area contributed by atoms with Crippen LogP contribution in [0.15, 0.2) is 17.0 Å². The molecule has 0 aliphatic carbocycles. The second kappa shape index (κ2) is 6.00. The summed E-state index contributed by atoms with van der Waals surface area (Å²) in [6.07, 6.45) is 0.569. The third-order valence-corrected chi connectivity index (χ3v) is 3.19. The van der Waals surface area contributed by atoms with E-state index in [0.717, 1.165) is 23.9 Å². The van der Waals surface area contributed by atoms with Crippen LogP contribution in [-0.2, 0) is 0 Å². The third kappa shape index (κ3) is 3.05. The maximum Gasteiger partial charge on any atom is 0.286 e. The Hall–Kier alpha value is -0.880. The van der Waals surface area contributed by atoms with Gasteiger partial charge in [0.25, 0.3) is 5.69 Å². The van der Waals surface area contributed by atoms with Gasteiger partial charge in [-0.1, -0.05) is 0 Å². The summed E-state index contributed by atoms with van der Waals surface area (Å²) in [5.41, 5.74) is -0.418. The van der Waals surface area contributed by atoms with Gasteiger partial charge in [-0.3, -0.25) is 10.1 Å². The third-order valence-electron chi connectivity index (χ3n) is 1.75. The number of nitro groups is 1. The number of alkyl halides is 1. The zero-order valence-corrected chi connectivity index (χ0v) is 9.65. The SMILES string of the molecule is O=[N+]([O-])c1ccc(F)c(F)c1SCCCCl. The van der Waals surface area contributed by atoms with Crippen LogP contribution in [0.1, 0.15) is 6.42 Å². The number of hydrogen-bond acceptors (Lipinski definition) is 3. The molecule has 88 valence electrons. The van der Waals surface area contributed by atoms with Gasteiger partial charge < -0.3 is 0 Å². The van der Waals surface area contributed by atoms with Crippen molar-refractivity contribution in [3.05, 3.63) is 33.9 Å². The first kappa shape index (κ1) is 13.2. The lowest BCUT2D eigenvalue weighted by molar-refractivity contribution is -0.388. The molecule has 0 amide bonds. The fourth-order valence-corrected chi connectivity index (χ4v) is 2.33. The lowest BCUT2D eigenvalue weighted by atomic mass is 10.3. The second-order valence-corrected chi connectivity index (χ2v) is 4.34. The average Bonchev–Trinajstić information content (AvgIpc) is 2.24. The fraction of sp³-hybridized carbons (Fsp3) is 0.333. The van der Waals surface area contributed by atoms with E-state index >= 15 is 0 Å². The number of nitrogens with zero attached hydrogens (tertiary/aromatic N) is 1. The first-order chi connectivity index (χ1) is 7.57. The van der Waals surface area contributed by atoms with Crippen molar-refractivity contribution in [2.24, 2.45) is 0 Å². The standard InChI is InChI=1S/C9H8ClF2NO2S/c10-4-1-5-16-9-7(13(14)15)3-2-6(11)8(9)12/h2-3H,1,4-5H2. The molecule has 3 nitrogen and oxygen atoms in total. The van der Waals surface area contributed by atoms with Crippen molar-refractivity contribution in [1.82, 2.24) is 0 Å². The van der Waals surface area contributed by atoms with E-state index in [1.165, 1.54) is 0 Å². The molecule has 0 aliphatic heterocycles. The van der Waals surface area contributed by atoms with Crippen LogP contribution in [0.4, 0.5) is 14.5 Å². The van der Waals surface area contributed by atoms with Gasteiger partial charge in [-0.2, -0.15) is 0 Å². The van der Waals surface area contributed by atoms with Gasteiger partial charge in [0.1, 0.15) is 4.90 Å². The van der Waals surface area contributed by atoms with Crippen LogP contribution in [0.25, 0.3) is 0 Å². The predicted molar refractivity (Wildman–Crippen MR) is 59.1 cm³/mol. The van der Waals surface area contributed by atoms with Crippen molar-refractivity contribution in [2.45, 2.75) is 11.3 Å². The molecule has 0 aromatic heterocycles. The van der Waals surface area contributed by atoms with E-state index in [2.05, 4.69) is 0 Å². The molecule has 1 aromatic rings. The number of thioether (sulfide) groups is 1. The number of halogens is 3. The van der Waals surface area contributed by atoms with Crippen molar-refractivity contribution < 1.29 is 13.7 Å². The Labute approximate surface area is 99.9 Å². The number of benzene rings is 1. The molecule has 7 heteroatoms. The molecular formula is C9H8ClF2NO2S. The number of hydrogen-bond donors (Lipinski definition) is 0. The maximum atomic E-state index is 13.3. The molecule has 16 heavy (non-hydrogen) atoms. The summed E-state index contributed by atoms with van der Waals surface area (Å²) < 4.78 is 26.2. The minimum absolute atomic E-state index is 0.268. The molecule has 0 fully saturated rings. The van der Waals surface area contributed by atoms with E-state index in [4.69, 9.17) is 11.6 Å². The lowest BCUT2D eigenvalue weighted by Gasteiger charge is -2.04. The lowest BCUT2D eigenvalue weighted by Crippen LogP contribution is -1.97. The number of rotatable bonds is 5. The maximum absolute atomic E-state index is 13.3. The molecular weight excluding hydrogens is 260 g/mol. The van der Waals surface area contributed by atoms with Crippen LogP contribution >= 0.6 is 23.4 Å². The van der Waals surface area contributed by atoms with Crippen molar-refractivity contribution in [1.29, 1.82) is 0 Å². The van der Waals surface area contributed by atoms with E-state index in [1.54, 1.807) is 0 Å². The molecule has 0 atom stereocenters. The minimum atomic E-state index is -1.17. The highest BCUT2D eigenvalue weighted by Gasteiger charge is 2.21. The molecule has 0 radical (unpaired) electrons. The largest absolute Gasteiger partial charge is 0.286 e. The molecule has 0 heterocycles. The van der Waals surface area contributed by atoms with Gasteiger partial charge in [-0.05, 0) is 18.2 Å². The summed E-state index contributed by atoms with van der Waals surface area (Å²) in [5.74, 6) is -1.48. The van der Waals surface area contributed by atoms with Crippen molar-refractivity contribution in [2.75, 3.05) is 11.6 Å². The topological polar surface area (TPSA) is 43.1 Å². The highest BCUT2D eigenvalue weighted by atomic mass is 35.5. The summed E-state index contributed by atoms with van der Waals surface area (Å²) in [6.45, 7) is 0. The highest BCUT2D eigenvalue weighted by Crippen LogP contribution is 2.33. The highest BCUT2D eigenvalue weighted by molar-refractivity contribution is 7.99. The van der Waals surface area contributed by atoms with Gasteiger partial charge in [-0.15, -0.1) is 23.4 Å². The molecule has 1 aromatic carbocycles. The first-order valence-corrected chi connectivity index (χ1v) is 5.91. The Balaban J connectivity index is 3.01. The van der Waals surface area contributed by atoms with Crippen LogP contribution in [0, 0.1) is 21.7 Å². The Morgan fingerprint density at radius 3 is 2.69 bits per heavy atom. The molecule has 0 saturated heterocycles. The predicted octanol–water partition coefficient (Wildman–Crippen LogP) is 3.59. The van der Waals surface area contributed by atoms with E-state index < -0.39 is 22.2 Å². The van der Waals surface area contributed by atoms with Gasteiger partial charge in [0.15, 0.2) is 11.6 Å². The van der Waals surface area contributed by atoms with Gasteiger partial charge in [0.05, 0.1) is 4.92 Å². The molecule has 1 rings (SSSR count). The van der Waals surface area contributed by atoms with E-state index in [9.17, 15) is 18.9 Å². The quantitative estimate of drug-likeness (QED) is 0.269. The zero-order valence-electron chi connectivity index (χ0n) is 8.08. The summed E-state index contributed by atoms with van der Waals surface area (Å²) >= 11 is 6.33. The average molecular weight is 268 g/mol. The summed E-state index contributed by atoms with van der Waals surface area (Å²) in [7, 11) is 0. The van der Waals surface area contributed by atoms with Crippen molar-refractivity contribution >= 4 is 29.1 Å². The summed E-state index contributed by atoms with van der Waals surface area (Å²) in [5, 5.41) is 10.6. The molecule has 0 aliphatic rings. The zero-order chi connectivity index (χ0) is 12.1. The smallest absolute Gasteiger partial charge is 0.258 e. The van der Waals surface area contributed by atoms with E-state index in [1.807, 2.05) is 0 Å². The minimum Gasteiger partial charge on any atom is -0.258 e. The van der Waals surface area contributed by atoms with Crippen LogP contribution in [0.5, 0.6) is 0 Å². The molecule has 0 N–H and O–H groups in total. The van der Waals surface area contributed by atoms with Crippen LogP contribution in [0.2, 0.25) is 0 Å². The van der Waals surface area contributed by atoms with Gasteiger partial charge in [0, 0.05) is 11.9 Å². The van der Waals surface area contributed by atoms with Crippen LogP contribution in [0.3, 0.4) is 0 Å². The Kier molecular flexibility index (Phi) is 4.95. The monoisotopic (exact) mass is 267 g/mol. The molecule has 0 saturated carbocycles. The van der Waals surface area contributed by atoms with Crippen LogP contribution in [-0.4, -0.2) is 16.6 Å². The van der Waals surface area contributed by atoms with Gasteiger partial charge in [0.2, 0.25) is 0 Å². The van der Waals surface area contributed by atoms with E-state index in [-0.39, 0.29) is 4.90 Å².